The summed E-state index contributed by atoms with van der Waals surface area (Å²) >= 11 is 0. The quantitative estimate of drug-likeness (QED) is 0.780. The Morgan fingerprint density at radius 1 is 1.33 bits per heavy atom. The Hall–Kier alpha value is -2.09. The van der Waals surface area contributed by atoms with Gasteiger partial charge in [-0.15, -0.1) is 0 Å². The third-order valence-electron chi connectivity index (χ3n) is 6.28. The SMILES string of the molecule is CNCC12CC(C1)N(c1nccc(C(c3cc(C4CC4)[nH]n3)C(F)F)n1)C2. The van der Waals surface area contributed by atoms with Gasteiger partial charge in [-0.2, -0.15) is 5.10 Å². The number of hydrogen-bond donors (Lipinski definition) is 2. The molecule has 6 rings (SSSR count). The van der Waals surface area contributed by atoms with E-state index in [1.807, 2.05) is 7.05 Å². The zero-order valence-corrected chi connectivity index (χ0v) is 15.3. The van der Waals surface area contributed by atoms with E-state index < -0.39 is 12.3 Å². The van der Waals surface area contributed by atoms with Gasteiger partial charge in [0.15, 0.2) is 0 Å². The molecule has 0 radical (unpaired) electrons. The number of nitrogens with one attached hydrogen (secondary N) is 2. The fraction of sp³-hybridized carbons (Fsp3) is 0.632. The molecule has 0 amide bonds. The number of nitrogens with zero attached hydrogens (tertiary/aromatic N) is 4. The van der Waals surface area contributed by atoms with Gasteiger partial charge >= 0.3 is 0 Å². The van der Waals surface area contributed by atoms with E-state index >= 15 is 0 Å². The molecule has 2 aliphatic heterocycles. The number of aromatic nitrogens is 4. The van der Waals surface area contributed by atoms with Crippen molar-refractivity contribution < 1.29 is 8.78 Å². The van der Waals surface area contributed by atoms with Crippen LogP contribution in [-0.2, 0) is 0 Å². The number of halogens is 2. The number of H-pyrrole nitrogens is 1. The summed E-state index contributed by atoms with van der Waals surface area (Å²) in [5, 5.41) is 10.4. The molecule has 2 aromatic rings. The molecule has 2 saturated carbocycles. The van der Waals surface area contributed by atoms with E-state index in [4.69, 9.17) is 0 Å². The van der Waals surface area contributed by atoms with Gasteiger partial charge in [0.25, 0.3) is 6.43 Å². The van der Waals surface area contributed by atoms with E-state index in [9.17, 15) is 8.78 Å². The van der Waals surface area contributed by atoms with Gasteiger partial charge in [0.1, 0.15) is 5.92 Å². The van der Waals surface area contributed by atoms with Crippen molar-refractivity contribution in [3.63, 3.8) is 0 Å². The Kier molecular flexibility index (Phi) is 3.93. The Labute approximate surface area is 156 Å². The van der Waals surface area contributed by atoms with Crippen LogP contribution in [0.1, 0.15) is 54.6 Å². The number of hydrogen-bond acceptors (Lipinski definition) is 5. The predicted octanol–water partition coefficient (Wildman–Crippen LogP) is 2.66. The molecule has 1 atom stereocenters. The molecular weight excluding hydrogens is 350 g/mol. The Balaban J connectivity index is 1.41. The maximum Gasteiger partial charge on any atom is 0.252 e. The molecule has 2 bridgehead atoms. The van der Waals surface area contributed by atoms with Crippen LogP contribution in [-0.4, -0.2) is 52.8 Å². The molecule has 2 saturated heterocycles. The second kappa shape index (κ2) is 6.22. The Morgan fingerprint density at radius 3 is 2.85 bits per heavy atom. The van der Waals surface area contributed by atoms with Gasteiger partial charge in [-0.3, -0.25) is 5.10 Å². The Bertz CT molecular complexity index is 827. The average molecular weight is 374 g/mol. The minimum atomic E-state index is -2.56. The minimum absolute atomic E-state index is 0.280. The Morgan fingerprint density at radius 2 is 2.15 bits per heavy atom. The summed E-state index contributed by atoms with van der Waals surface area (Å²) in [6, 6.07) is 3.80. The zero-order chi connectivity index (χ0) is 18.6. The van der Waals surface area contributed by atoms with Crippen molar-refractivity contribution >= 4 is 5.95 Å². The van der Waals surface area contributed by atoms with Gasteiger partial charge in [-0.25, -0.2) is 18.7 Å². The van der Waals surface area contributed by atoms with Gasteiger partial charge in [-0.1, -0.05) is 0 Å². The monoisotopic (exact) mass is 374 g/mol. The fourth-order valence-corrected chi connectivity index (χ4v) is 4.79. The second-order valence-electron chi connectivity index (χ2n) is 8.34. The fourth-order valence-electron chi connectivity index (χ4n) is 4.79. The van der Waals surface area contributed by atoms with Gasteiger partial charge in [0, 0.05) is 42.4 Å². The van der Waals surface area contributed by atoms with Crippen molar-refractivity contribution in [2.75, 3.05) is 25.0 Å². The molecule has 2 aromatic heterocycles. The first kappa shape index (κ1) is 17.0. The standard InChI is InChI=1S/C19H24F2N6/c1-22-9-19-7-12(8-19)27(10-19)18-23-5-4-13(24-18)16(17(20)21)15-6-14(25-26-15)11-2-3-11/h4-6,11-12,16-17,22H,2-3,7-10H2,1H3,(H,25,26). The smallest absolute Gasteiger partial charge is 0.252 e. The lowest BCUT2D eigenvalue weighted by molar-refractivity contribution is 0.125. The highest BCUT2D eigenvalue weighted by Crippen LogP contribution is 2.52. The van der Waals surface area contributed by atoms with E-state index in [1.165, 1.54) is 0 Å². The number of fused-ring (bicyclic) bond motifs is 1. The molecule has 6 nitrogen and oxygen atoms in total. The van der Waals surface area contributed by atoms with Crippen molar-refractivity contribution in [3.05, 3.63) is 35.4 Å². The minimum Gasteiger partial charge on any atom is -0.337 e. The second-order valence-corrected chi connectivity index (χ2v) is 8.34. The molecule has 144 valence electrons. The van der Waals surface area contributed by atoms with Gasteiger partial charge in [0.2, 0.25) is 5.95 Å². The summed E-state index contributed by atoms with van der Waals surface area (Å²) < 4.78 is 27.8. The highest BCUT2D eigenvalue weighted by atomic mass is 19.3. The molecule has 4 heterocycles. The van der Waals surface area contributed by atoms with Crippen LogP contribution in [0.25, 0.3) is 0 Å². The van der Waals surface area contributed by atoms with E-state index in [0.717, 1.165) is 44.5 Å². The van der Waals surface area contributed by atoms with Gasteiger partial charge in [0.05, 0.1) is 11.4 Å². The number of alkyl halides is 2. The lowest BCUT2D eigenvalue weighted by atomic mass is 9.70. The number of anilines is 1. The van der Waals surface area contributed by atoms with Crippen LogP contribution < -0.4 is 10.2 Å². The first-order chi connectivity index (χ1) is 13.1. The first-order valence-corrected chi connectivity index (χ1v) is 9.66. The highest BCUT2D eigenvalue weighted by Gasteiger charge is 2.55. The van der Waals surface area contributed by atoms with Crippen molar-refractivity contribution in [3.8, 4) is 0 Å². The largest absolute Gasteiger partial charge is 0.337 e. The molecule has 0 aromatic carbocycles. The lowest BCUT2D eigenvalue weighted by Crippen LogP contribution is -2.41. The summed E-state index contributed by atoms with van der Waals surface area (Å²) in [4.78, 5) is 11.1. The summed E-state index contributed by atoms with van der Waals surface area (Å²) in [5.41, 5.74) is 1.95. The van der Waals surface area contributed by atoms with Gasteiger partial charge < -0.3 is 10.2 Å². The molecule has 4 aliphatic rings. The third kappa shape index (κ3) is 2.90. The van der Waals surface area contributed by atoms with Crippen LogP contribution in [0.5, 0.6) is 0 Å². The highest BCUT2D eigenvalue weighted by molar-refractivity contribution is 5.41. The van der Waals surface area contributed by atoms with Crippen LogP contribution in [0.4, 0.5) is 14.7 Å². The van der Waals surface area contributed by atoms with Crippen molar-refractivity contribution in [2.45, 2.75) is 50.0 Å². The predicted molar refractivity (Wildman–Crippen MR) is 97.2 cm³/mol. The van der Waals surface area contributed by atoms with Crippen molar-refractivity contribution in [1.29, 1.82) is 0 Å². The summed E-state index contributed by atoms with van der Waals surface area (Å²) in [6.07, 6.45) is 3.47. The average Bonchev–Trinajstić information content (AvgIpc) is 3.09. The van der Waals surface area contributed by atoms with Crippen molar-refractivity contribution in [2.24, 2.45) is 5.41 Å². The molecule has 27 heavy (non-hydrogen) atoms. The van der Waals surface area contributed by atoms with E-state index in [-0.39, 0.29) is 5.41 Å². The zero-order valence-electron chi connectivity index (χ0n) is 15.3. The van der Waals surface area contributed by atoms with Crippen LogP contribution >= 0.6 is 0 Å². The molecule has 2 N–H and O–H groups in total. The van der Waals surface area contributed by atoms with Gasteiger partial charge in [-0.05, 0) is 44.9 Å². The molecule has 2 aliphatic carbocycles. The van der Waals surface area contributed by atoms with E-state index in [0.29, 0.717) is 29.3 Å². The van der Waals surface area contributed by atoms with Crippen LogP contribution in [0.15, 0.2) is 18.3 Å². The first-order valence-electron chi connectivity index (χ1n) is 9.66. The summed E-state index contributed by atoms with van der Waals surface area (Å²) in [5.74, 6) is -0.110. The molecular formula is C19H24F2N6. The summed E-state index contributed by atoms with van der Waals surface area (Å²) in [7, 11) is 1.97. The number of rotatable bonds is 7. The van der Waals surface area contributed by atoms with E-state index in [2.05, 4.69) is 30.4 Å². The third-order valence-corrected chi connectivity index (χ3v) is 6.28. The van der Waals surface area contributed by atoms with Crippen LogP contribution in [0, 0.1) is 5.41 Å². The molecule has 0 spiro atoms. The van der Waals surface area contributed by atoms with E-state index in [1.54, 1.807) is 18.3 Å². The van der Waals surface area contributed by atoms with Crippen LogP contribution in [0.3, 0.4) is 0 Å². The maximum atomic E-state index is 13.9. The maximum absolute atomic E-state index is 13.9. The number of aromatic amines is 1. The molecule has 1 unspecified atom stereocenters. The normalized spacial score (nSPS) is 27.9. The molecule has 4 fully saturated rings. The topological polar surface area (TPSA) is 69.7 Å². The lowest BCUT2D eigenvalue weighted by Gasteiger charge is -2.36. The summed E-state index contributed by atoms with van der Waals surface area (Å²) in [6.45, 7) is 1.85. The molecule has 8 heteroatoms. The van der Waals surface area contributed by atoms with Crippen molar-refractivity contribution in [1.82, 2.24) is 25.5 Å². The van der Waals surface area contributed by atoms with Crippen LogP contribution in [0.2, 0.25) is 0 Å².